The van der Waals surface area contributed by atoms with Crippen LogP contribution in [0.2, 0.25) is 5.02 Å². The number of benzene rings is 3. The first kappa shape index (κ1) is 24.7. The molecule has 1 aliphatic rings. The zero-order valence-electron chi connectivity index (χ0n) is 19.1. The van der Waals surface area contributed by atoms with E-state index in [2.05, 4.69) is 0 Å². The molecule has 0 fully saturated rings. The Hall–Kier alpha value is -3.39. The quantitative estimate of drug-likeness (QED) is 0.400. The van der Waals surface area contributed by atoms with Gasteiger partial charge in [-0.1, -0.05) is 17.7 Å². The van der Waals surface area contributed by atoms with E-state index in [0.717, 1.165) is 23.3 Å². The summed E-state index contributed by atoms with van der Waals surface area (Å²) in [6, 6.07) is 14.3. The zero-order valence-corrected chi connectivity index (χ0v) is 19.8. The molecule has 0 spiro atoms. The van der Waals surface area contributed by atoms with Gasteiger partial charge in [0.2, 0.25) is 0 Å². The molecule has 0 saturated heterocycles. The maximum atomic E-state index is 13.4. The Morgan fingerprint density at radius 1 is 1.03 bits per heavy atom. The summed E-state index contributed by atoms with van der Waals surface area (Å²) in [6.45, 7) is 0.337. The van der Waals surface area contributed by atoms with Crippen molar-refractivity contribution in [2.75, 3.05) is 27.4 Å². The second-order valence-electron chi connectivity index (χ2n) is 8.01. The molecule has 0 radical (unpaired) electrons. The summed E-state index contributed by atoms with van der Waals surface area (Å²) in [4.78, 5) is 15.1. The molecular weight excluding hydrogens is 483 g/mol. The highest BCUT2D eigenvalue weighted by Gasteiger charge is 2.34. The minimum absolute atomic E-state index is 0.0525. The van der Waals surface area contributed by atoms with E-state index < -0.39 is 17.8 Å². The van der Waals surface area contributed by atoms with E-state index in [9.17, 15) is 18.0 Å². The van der Waals surface area contributed by atoms with Gasteiger partial charge in [-0.2, -0.15) is 13.2 Å². The molecule has 3 aromatic carbocycles. The molecule has 5 nitrogen and oxygen atoms in total. The van der Waals surface area contributed by atoms with E-state index in [0.29, 0.717) is 35.1 Å². The average molecular weight is 506 g/mol. The molecule has 4 rings (SSSR count). The number of fused-ring (bicyclic) bond motifs is 1. The van der Waals surface area contributed by atoms with Crippen LogP contribution in [-0.4, -0.2) is 38.2 Å². The van der Waals surface area contributed by atoms with Gasteiger partial charge in [0.05, 0.1) is 25.8 Å². The van der Waals surface area contributed by atoms with Crippen molar-refractivity contribution in [2.45, 2.75) is 18.6 Å². The van der Waals surface area contributed by atoms with Crippen molar-refractivity contribution in [3.05, 3.63) is 87.9 Å². The summed E-state index contributed by atoms with van der Waals surface area (Å²) in [7, 11) is 3.05. The lowest BCUT2D eigenvalue weighted by Crippen LogP contribution is -2.42. The van der Waals surface area contributed by atoms with E-state index in [1.165, 1.54) is 26.4 Å². The van der Waals surface area contributed by atoms with Crippen LogP contribution in [0, 0.1) is 0 Å². The van der Waals surface area contributed by atoms with E-state index in [1.54, 1.807) is 35.2 Å². The summed E-state index contributed by atoms with van der Waals surface area (Å²) >= 11 is 5.97. The van der Waals surface area contributed by atoms with Crippen LogP contribution in [0.3, 0.4) is 0 Å². The fourth-order valence-electron chi connectivity index (χ4n) is 4.15. The molecule has 0 aromatic heterocycles. The third-order valence-corrected chi connectivity index (χ3v) is 6.18. The van der Waals surface area contributed by atoms with Crippen molar-refractivity contribution >= 4 is 17.5 Å². The molecule has 1 amide bonds. The molecular formula is C26H23ClF3NO4. The van der Waals surface area contributed by atoms with E-state index in [1.807, 2.05) is 6.07 Å². The largest absolute Gasteiger partial charge is 0.493 e. The summed E-state index contributed by atoms with van der Waals surface area (Å²) in [5, 5.41) is 0.506. The van der Waals surface area contributed by atoms with E-state index in [4.69, 9.17) is 25.8 Å². The number of ether oxygens (including phenoxy) is 3. The smallest absolute Gasteiger partial charge is 0.416 e. The van der Waals surface area contributed by atoms with Crippen LogP contribution in [0.15, 0.2) is 60.7 Å². The Morgan fingerprint density at radius 3 is 2.37 bits per heavy atom. The summed E-state index contributed by atoms with van der Waals surface area (Å²) < 4.78 is 56.1. The van der Waals surface area contributed by atoms with Crippen LogP contribution in [0.1, 0.15) is 33.1 Å². The normalized spacial score (nSPS) is 15.4. The van der Waals surface area contributed by atoms with Crippen LogP contribution in [0.5, 0.6) is 17.2 Å². The van der Waals surface area contributed by atoms with Gasteiger partial charge in [-0.05, 0) is 72.1 Å². The van der Waals surface area contributed by atoms with Crippen LogP contribution in [-0.2, 0) is 12.6 Å². The summed E-state index contributed by atoms with van der Waals surface area (Å²) in [5.74, 6) is 0.864. The van der Waals surface area contributed by atoms with Gasteiger partial charge in [-0.3, -0.25) is 4.79 Å². The molecule has 0 N–H and O–H groups in total. The summed E-state index contributed by atoms with van der Waals surface area (Å²) in [6.07, 6.45) is -3.92. The van der Waals surface area contributed by atoms with Crippen molar-refractivity contribution < 1.29 is 32.2 Å². The van der Waals surface area contributed by atoms with Crippen molar-refractivity contribution in [1.82, 2.24) is 4.90 Å². The summed E-state index contributed by atoms with van der Waals surface area (Å²) in [5.41, 5.74) is 1.37. The van der Waals surface area contributed by atoms with Gasteiger partial charge >= 0.3 is 6.18 Å². The SMILES string of the molecule is COc1cc2c(cc1OC)C(COc1cccc(C(F)(F)F)c1)N(C(=O)c1ccc(Cl)cc1)CC2. The fraction of sp³-hybridized carbons (Fsp3) is 0.269. The molecule has 0 bridgehead atoms. The molecule has 1 aliphatic heterocycles. The number of methoxy groups -OCH3 is 2. The molecule has 35 heavy (non-hydrogen) atoms. The Balaban J connectivity index is 1.69. The van der Waals surface area contributed by atoms with Gasteiger partial charge in [0.15, 0.2) is 11.5 Å². The number of hydrogen-bond donors (Lipinski definition) is 0. The number of amides is 1. The van der Waals surface area contributed by atoms with Crippen LogP contribution in [0.4, 0.5) is 13.2 Å². The first-order valence-electron chi connectivity index (χ1n) is 10.8. The van der Waals surface area contributed by atoms with Crippen LogP contribution in [0.25, 0.3) is 0 Å². The highest BCUT2D eigenvalue weighted by molar-refractivity contribution is 6.30. The maximum Gasteiger partial charge on any atom is 0.416 e. The molecule has 3 aromatic rings. The number of hydrogen-bond acceptors (Lipinski definition) is 4. The Bertz CT molecular complexity index is 1210. The topological polar surface area (TPSA) is 48.0 Å². The number of rotatable bonds is 6. The van der Waals surface area contributed by atoms with Crippen molar-refractivity contribution in [3.63, 3.8) is 0 Å². The molecule has 1 heterocycles. The monoisotopic (exact) mass is 505 g/mol. The predicted molar refractivity (Wildman–Crippen MR) is 125 cm³/mol. The minimum atomic E-state index is -4.49. The first-order chi connectivity index (χ1) is 16.7. The van der Waals surface area contributed by atoms with Gasteiger partial charge in [0.1, 0.15) is 12.4 Å². The Labute approximate surface area is 206 Å². The van der Waals surface area contributed by atoms with E-state index >= 15 is 0 Å². The second-order valence-corrected chi connectivity index (χ2v) is 8.45. The minimum Gasteiger partial charge on any atom is -0.493 e. The van der Waals surface area contributed by atoms with Crippen molar-refractivity contribution in [3.8, 4) is 17.2 Å². The van der Waals surface area contributed by atoms with Crippen molar-refractivity contribution in [2.24, 2.45) is 0 Å². The van der Waals surface area contributed by atoms with Gasteiger partial charge in [0, 0.05) is 17.1 Å². The number of nitrogens with zero attached hydrogens (tertiary/aromatic N) is 1. The highest BCUT2D eigenvalue weighted by atomic mass is 35.5. The van der Waals surface area contributed by atoms with Crippen LogP contribution >= 0.6 is 11.6 Å². The molecule has 1 unspecified atom stereocenters. The lowest BCUT2D eigenvalue weighted by molar-refractivity contribution is -0.137. The molecule has 1 atom stereocenters. The predicted octanol–water partition coefficient (Wildman–Crippen LogP) is 6.19. The van der Waals surface area contributed by atoms with E-state index in [-0.39, 0.29) is 18.3 Å². The van der Waals surface area contributed by atoms with Crippen LogP contribution < -0.4 is 14.2 Å². The third kappa shape index (κ3) is 5.32. The van der Waals surface area contributed by atoms with Gasteiger partial charge in [0.25, 0.3) is 5.91 Å². The number of carbonyl (C=O) groups excluding carboxylic acids is 1. The number of carbonyl (C=O) groups is 1. The standard InChI is InChI=1S/C26H23ClF3NO4/c1-33-23-12-17-10-11-31(25(32)16-6-8-19(27)9-7-16)22(21(17)14-24(23)34-2)15-35-20-5-3-4-18(13-20)26(28,29)30/h3-9,12-14,22H,10-11,15H2,1-2H3. The number of halogens is 4. The lowest BCUT2D eigenvalue weighted by atomic mass is 9.91. The Morgan fingerprint density at radius 2 is 1.71 bits per heavy atom. The maximum absolute atomic E-state index is 13.4. The van der Waals surface area contributed by atoms with Crippen molar-refractivity contribution in [1.29, 1.82) is 0 Å². The third-order valence-electron chi connectivity index (χ3n) is 5.92. The van der Waals surface area contributed by atoms with Gasteiger partial charge in [-0.15, -0.1) is 0 Å². The molecule has 0 saturated carbocycles. The first-order valence-corrected chi connectivity index (χ1v) is 11.2. The number of alkyl halides is 3. The second kappa shape index (κ2) is 10.1. The Kier molecular flexibility index (Phi) is 7.12. The molecule has 9 heteroatoms. The fourth-order valence-corrected chi connectivity index (χ4v) is 4.27. The molecule has 0 aliphatic carbocycles. The van der Waals surface area contributed by atoms with Gasteiger partial charge in [-0.25, -0.2) is 0 Å². The lowest BCUT2D eigenvalue weighted by Gasteiger charge is -2.37. The zero-order chi connectivity index (χ0) is 25.2. The van der Waals surface area contributed by atoms with Gasteiger partial charge < -0.3 is 19.1 Å². The average Bonchev–Trinajstić information content (AvgIpc) is 2.86. The highest BCUT2D eigenvalue weighted by Crippen LogP contribution is 2.39. The molecule has 184 valence electrons.